The van der Waals surface area contributed by atoms with Gasteiger partial charge in [0.2, 0.25) is 11.5 Å². The number of oxime groups is 1. The molecule has 0 aromatic carbocycles. The summed E-state index contributed by atoms with van der Waals surface area (Å²) < 4.78 is 10.5. The number of nitrogens with zero attached hydrogens (tertiary/aromatic N) is 2. The second-order valence-corrected chi connectivity index (χ2v) is 11.4. The zero-order valence-corrected chi connectivity index (χ0v) is 22.5. The predicted octanol–water partition coefficient (Wildman–Crippen LogP) is 1.27. The Balaban J connectivity index is 2.30. The van der Waals surface area contributed by atoms with Crippen molar-refractivity contribution in [3.63, 3.8) is 0 Å². The van der Waals surface area contributed by atoms with Crippen molar-refractivity contribution in [1.29, 1.82) is 0 Å². The van der Waals surface area contributed by atoms with Crippen LogP contribution in [-0.2, 0) is 28.7 Å². The minimum Gasteiger partial charge on any atom is -0.457 e. The molecule has 1 aromatic rings. The monoisotopic (exact) mass is 526 g/mol. The van der Waals surface area contributed by atoms with Crippen LogP contribution in [0.1, 0.15) is 61.1 Å². The summed E-state index contributed by atoms with van der Waals surface area (Å²) in [6, 6.07) is -1.31. The van der Waals surface area contributed by atoms with E-state index in [-0.39, 0.29) is 23.1 Å². The summed E-state index contributed by atoms with van der Waals surface area (Å²) in [5, 5.41) is 13.1. The van der Waals surface area contributed by atoms with Crippen LogP contribution in [0.3, 0.4) is 0 Å². The molecule has 1 aliphatic rings. The summed E-state index contributed by atoms with van der Waals surface area (Å²) in [7, 11) is 0. The van der Waals surface area contributed by atoms with Crippen LogP contribution >= 0.6 is 11.3 Å². The van der Waals surface area contributed by atoms with E-state index < -0.39 is 52.8 Å². The minimum atomic E-state index is -1.56. The average Bonchev–Trinajstić information content (AvgIpc) is 3.15. The molecule has 0 saturated carbocycles. The second-order valence-electron chi connectivity index (χ2n) is 10.5. The van der Waals surface area contributed by atoms with Gasteiger partial charge < -0.3 is 30.7 Å². The molecule has 0 bridgehead atoms. The molecule has 2 rings (SSSR count). The number of ether oxygens (including phenoxy) is 2. The first-order valence-electron chi connectivity index (χ1n) is 11.2. The topological polar surface area (TPSA) is 183 Å². The number of amides is 3. The summed E-state index contributed by atoms with van der Waals surface area (Å²) in [6.45, 7) is 13.2. The van der Waals surface area contributed by atoms with Gasteiger partial charge in [0.05, 0.1) is 6.04 Å². The number of hydrogen-bond donors (Lipinski definition) is 4. The largest absolute Gasteiger partial charge is 0.457 e. The highest BCUT2D eigenvalue weighted by Crippen LogP contribution is 2.21. The Morgan fingerprint density at radius 3 is 2.25 bits per heavy atom. The summed E-state index contributed by atoms with van der Waals surface area (Å²) in [4.78, 5) is 59.2. The third kappa shape index (κ3) is 8.16. The van der Waals surface area contributed by atoms with E-state index in [9.17, 15) is 19.2 Å². The van der Waals surface area contributed by atoms with Crippen molar-refractivity contribution >= 4 is 46.1 Å². The van der Waals surface area contributed by atoms with Crippen molar-refractivity contribution < 1.29 is 33.5 Å². The van der Waals surface area contributed by atoms with E-state index >= 15 is 0 Å². The number of aromatic nitrogens is 1. The van der Waals surface area contributed by atoms with E-state index in [0.717, 1.165) is 11.3 Å². The molecule has 200 valence electrons. The number of rotatable bonds is 8. The summed E-state index contributed by atoms with van der Waals surface area (Å²) in [5.74, 6) is -1.90. The molecule has 14 heteroatoms. The lowest BCUT2D eigenvalue weighted by Crippen LogP contribution is -2.71. The number of nitrogens with two attached hydrogens (primary N) is 1. The molecule has 3 amide bonds. The number of esters is 1. The van der Waals surface area contributed by atoms with Crippen molar-refractivity contribution in [2.75, 3.05) is 11.9 Å². The van der Waals surface area contributed by atoms with Crippen LogP contribution in [0.2, 0.25) is 0 Å². The number of hydrogen-bond acceptors (Lipinski definition) is 11. The molecule has 1 aromatic heterocycles. The Morgan fingerprint density at radius 1 is 1.11 bits per heavy atom. The van der Waals surface area contributed by atoms with Gasteiger partial charge in [-0.15, -0.1) is 11.3 Å². The molecule has 13 nitrogen and oxygen atoms in total. The molecule has 1 fully saturated rings. The Bertz CT molecular complexity index is 1040. The van der Waals surface area contributed by atoms with E-state index in [1.165, 1.54) is 19.2 Å². The normalized spacial score (nSPS) is 18.5. The van der Waals surface area contributed by atoms with Gasteiger partial charge in [-0.1, -0.05) is 5.16 Å². The van der Waals surface area contributed by atoms with Gasteiger partial charge in [-0.2, -0.15) is 0 Å². The zero-order chi connectivity index (χ0) is 27.5. The van der Waals surface area contributed by atoms with E-state index in [2.05, 4.69) is 26.1 Å². The maximum absolute atomic E-state index is 13.1. The quantitative estimate of drug-likeness (QED) is 0.168. The van der Waals surface area contributed by atoms with Crippen molar-refractivity contribution in [1.82, 2.24) is 15.6 Å². The van der Waals surface area contributed by atoms with Crippen molar-refractivity contribution in [2.45, 2.75) is 84.3 Å². The Morgan fingerprint density at radius 2 is 1.72 bits per heavy atom. The second kappa shape index (κ2) is 10.8. The molecule has 0 radical (unpaired) electrons. The van der Waals surface area contributed by atoms with E-state index in [1.54, 1.807) is 41.5 Å². The SMILES string of the molecule is CC(C)(C)OC(=O)Nc1nc(/C(=N/OC(C)(C)C(=O)OC(C)(C)C)C(=O)N[C@@H]2C(=O)N[C@@H]2CN)cs1. The molecule has 2 atom stereocenters. The highest BCUT2D eigenvalue weighted by molar-refractivity contribution is 7.14. The number of anilines is 1. The van der Waals surface area contributed by atoms with Gasteiger partial charge in [-0.05, 0) is 55.4 Å². The molecular formula is C22H34N6O7S. The fourth-order valence-corrected chi connectivity index (χ4v) is 3.33. The molecule has 0 aliphatic carbocycles. The highest BCUT2D eigenvalue weighted by atomic mass is 32.1. The van der Waals surface area contributed by atoms with Gasteiger partial charge in [-0.3, -0.25) is 14.9 Å². The lowest BCUT2D eigenvalue weighted by molar-refractivity contribution is -0.179. The summed E-state index contributed by atoms with van der Waals surface area (Å²) in [6.07, 6.45) is -0.731. The number of carbonyl (C=O) groups excluding carboxylic acids is 4. The molecule has 2 heterocycles. The van der Waals surface area contributed by atoms with Crippen LogP contribution in [0.25, 0.3) is 0 Å². The number of nitrogens with one attached hydrogen (secondary N) is 3. The fourth-order valence-electron chi connectivity index (χ4n) is 2.65. The van der Waals surface area contributed by atoms with Crippen LogP contribution in [0.4, 0.5) is 9.93 Å². The van der Waals surface area contributed by atoms with Crippen molar-refractivity contribution in [3.8, 4) is 0 Å². The average molecular weight is 527 g/mol. The van der Waals surface area contributed by atoms with E-state index in [0.29, 0.717) is 0 Å². The van der Waals surface area contributed by atoms with Gasteiger partial charge in [0, 0.05) is 11.9 Å². The molecule has 36 heavy (non-hydrogen) atoms. The molecule has 5 N–H and O–H groups in total. The maximum atomic E-state index is 13.1. The van der Waals surface area contributed by atoms with Gasteiger partial charge in [0.25, 0.3) is 5.91 Å². The third-order valence-electron chi connectivity index (χ3n) is 4.38. The summed E-state index contributed by atoms with van der Waals surface area (Å²) in [5.41, 5.74) is 2.27. The van der Waals surface area contributed by atoms with E-state index in [4.69, 9.17) is 20.0 Å². The number of carbonyl (C=O) groups is 4. The van der Waals surface area contributed by atoms with Gasteiger partial charge in [0.1, 0.15) is 22.9 Å². The van der Waals surface area contributed by atoms with Crippen LogP contribution in [-0.4, -0.2) is 70.0 Å². The molecule has 1 aliphatic heterocycles. The third-order valence-corrected chi connectivity index (χ3v) is 5.14. The van der Waals surface area contributed by atoms with Crippen molar-refractivity contribution in [3.05, 3.63) is 11.1 Å². The molecule has 0 spiro atoms. The molecule has 0 unspecified atom stereocenters. The fraction of sp³-hybridized carbons (Fsp3) is 0.636. The van der Waals surface area contributed by atoms with Crippen LogP contribution in [0.5, 0.6) is 0 Å². The first-order chi connectivity index (χ1) is 16.4. The number of thiazole rings is 1. The molecular weight excluding hydrogens is 492 g/mol. The lowest BCUT2D eigenvalue weighted by atomic mass is 9.99. The standard InChI is InChI=1S/C22H34N6O7S/c1-20(2,3)33-17(31)22(7,8)35-28-14(16(30)26-13-11(9-23)24-15(13)29)12-10-36-18(25-12)27-19(32)34-21(4,5)6/h10-11,13H,9,23H2,1-8H3,(H,24,29)(H,26,30)(H,25,27,32)/b28-14-/t11-,13+/m1/s1. The zero-order valence-electron chi connectivity index (χ0n) is 21.7. The van der Waals surface area contributed by atoms with Gasteiger partial charge >= 0.3 is 12.1 Å². The Kier molecular flexibility index (Phi) is 8.68. The van der Waals surface area contributed by atoms with Crippen LogP contribution < -0.4 is 21.7 Å². The van der Waals surface area contributed by atoms with E-state index in [1.807, 2.05) is 0 Å². The Labute approximate surface area is 213 Å². The number of β-lactam (4-membered cyclic amide) rings is 1. The van der Waals surface area contributed by atoms with Gasteiger partial charge in [0.15, 0.2) is 10.8 Å². The smallest absolute Gasteiger partial charge is 0.413 e. The summed E-state index contributed by atoms with van der Waals surface area (Å²) >= 11 is 1.01. The van der Waals surface area contributed by atoms with Crippen LogP contribution in [0.15, 0.2) is 10.5 Å². The molecule has 1 saturated heterocycles. The maximum Gasteiger partial charge on any atom is 0.413 e. The first-order valence-corrected chi connectivity index (χ1v) is 12.1. The lowest BCUT2D eigenvalue weighted by Gasteiger charge is -2.36. The predicted molar refractivity (Wildman–Crippen MR) is 132 cm³/mol. The Hall–Kier alpha value is -3.26. The van der Waals surface area contributed by atoms with Crippen molar-refractivity contribution in [2.24, 2.45) is 10.9 Å². The minimum absolute atomic E-state index is 0.0348. The first kappa shape index (κ1) is 29.0. The van der Waals surface area contributed by atoms with Crippen LogP contribution in [0, 0.1) is 0 Å². The van der Waals surface area contributed by atoms with Gasteiger partial charge in [-0.25, -0.2) is 14.6 Å². The highest BCUT2D eigenvalue weighted by Gasteiger charge is 2.41.